The number of rotatable bonds is 5. The first kappa shape index (κ1) is 15.8. The van der Waals surface area contributed by atoms with Gasteiger partial charge in [-0.3, -0.25) is 4.79 Å². The van der Waals surface area contributed by atoms with Crippen molar-refractivity contribution in [3.63, 3.8) is 0 Å². The molecule has 1 fully saturated rings. The Morgan fingerprint density at radius 2 is 1.68 bits per heavy atom. The average Bonchev–Trinajstić information content (AvgIpc) is 2.39. The molecule has 0 radical (unpaired) electrons. The van der Waals surface area contributed by atoms with E-state index in [1.807, 2.05) is 6.92 Å². The molecule has 0 heterocycles. The first-order valence-electron chi connectivity index (χ1n) is 7.21. The molecule has 1 aliphatic carbocycles. The number of carbonyl (C=O) groups excluding carboxylic acids is 1. The van der Waals surface area contributed by atoms with Gasteiger partial charge < -0.3 is 15.7 Å². The smallest absolute Gasteiger partial charge is 0.315 e. The van der Waals surface area contributed by atoms with E-state index in [1.54, 1.807) is 0 Å². The Labute approximate surface area is 115 Å². The zero-order valence-electron chi connectivity index (χ0n) is 12.2. The number of amides is 2. The van der Waals surface area contributed by atoms with E-state index in [1.165, 1.54) is 0 Å². The third kappa shape index (κ3) is 4.73. The third-order valence-corrected chi connectivity index (χ3v) is 4.39. The van der Waals surface area contributed by atoms with Crippen LogP contribution in [0.1, 0.15) is 59.3 Å². The van der Waals surface area contributed by atoms with E-state index in [-0.39, 0.29) is 23.5 Å². The first-order chi connectivity index (χ1) is 8.90. The van der Waals surface area contributed by atoms with Crippen LogP contribution in [0.4, 0.5) is 4.79 Å². The zero-order valence-corrected chi connectivity index (χ0v) is 12.2. The summed E-state index contributed by atoms with van der Waals surface area (Å²) in [4.78, 5) is 22.8. The summed E-state index contributed by atoms with van der Waals surface area (Å²) in [6.45, 7) is 6.15. The molecule has 5 nitrogen and oxygen atoms in total. The van der Waals surface area contributed by atoms with Crippen LogP contribution in [0, 0.1) is 5.92 Å². The molecule has 1 saturated carbocycles. The van der Waals surface area contributed by atoms with Gasteiger partial charge in [0.15, 0.2) is 0 Å². The van der Waals surface area contributed by atoms with Crippen molar-refractivity contribution in [2.45, 2.75) is 70.9 Å². The number of carboxylic acids is 1. The molecular formula is C14H26N2O3. The lowest BCUT2D eigenvalue weighted by atomic mass is 9.86. The SMILES string of the molecule is CCC(C)(CC)NC(=O)NC1CCC(C(=O)O)CC1. The van der Waals surface area contributed by atoms with Gasteiger partial charge in [0.1, 0.15) is 0 Å². The lowest BCUT2D eigenvalue weighted by Crippen LogP contribution is -2.52. The number of carboxylic acid groups (broad SMARTS) is 1. The van der Waals surface area contributed by atoms with E-state index in [9.17, 15) is 9.59 Å². The Morgan fingerprint density at radius 1 is 1.16 bits per heavy atom. The highest BCUT2D eigenvalue weighted by Crippen LogP contribution is 2.24. The molecule has 0 spiro atoms. The fourth-order valence-corrected chi connectivity index (χ4v) is 2.41. The van der Waals surface area contributed by atoms with Gasteiger partial charge >= 0.3 is 12.0 Å². The summed E-state index contributed by atoms with van der Waals surface area (Å²) < 4.78 is 0. The van der Waals surface area contributed by atoms with Gasteiger partial charge in [-0.1, -0.05) is 13.8 Å². The van der Waals surface area contributed by atoms with Crippen LogP contribution in [-0.4, -0.2) is 28.7 Å². The maximum atomic E-state index is 11.9. The summed E-state index contributed by atoms with van der Waals surface area (Å²) in [5, 5.41) is 14.9. The van der Waals surface area contributed by atoms with Crippen LogP contribution >= 0.6 is 0 Å². The molecule has 2 amide bonds. The maximum Gasteiger partial charge on any atom is 0.315 e. The molecule has 0 aromatic carbocycles. The number of carbonyl (C=O) groups is 2. The average molecular weight is 270 g/mol. The second-order valence-electron chi connectivity index (χ2n) is 5.75. The Morgan fingerprint density at radius 3 is 2.11 bits per heavy atom. The number of aliphatic carboxylic acids is 1. The highest BCUT2D eigenvalue weighted by molar-refractivity contribution is 5.75. The highest BCUT2D eigenvalue weighted by atomic mass is 16.4. The van der Waals surface area contributed by atoms with E-state index in [4.69, 9.17) is 5.11 Å². The number of nitrogens with one attached hydrogen (secondary N) is 2. The van der Waals surface area contributed by atoms with Gasteiger partial charge in [0.2, 0.25) is 0 Å². The predicted octanol–water partition coefficient (Wildman–Crippen LogP) is 2.51. The standard InChI is InChI=1S/C14H26N2O3/c1-4-14(3,5-2)16-13(19)15-11-8-6-10(7-9-11)12(17)18/h10-11H,4-9H2,1-3H3,(H,17,18)(H2,15,16,19). The Hall–Kier alpha value is -1.26. The lowest BCUT2D eigenvalue weighted by Gasteiger charge is -2.31. The Kier molecular flexibility index (Phi) is 5.63. The van der Waals surface area contributed by atoms with E-state index in [2.05, 4.69) is 24.5 Å². The van der Waals surface area contributed by atoms with Gasteiger partial charge in [-0.15, -0.1) is 0 Å². The number of hydrogen-bond acceptors (Lipinski definition) is 2. The molecule has 0 atom stereocenters. The van der Waals surface area contributed by atoms with Crippen LogP contribution in [0.25, 0.3) is 0 Å². The molecule has 0 saturated heterocycles. The van der Waals surface area contributed by atoms with E-state index < -0.39 is 5.97 Å². The summed E-state index contributed by atoms with van der Waals surface area (Å²) in [6, 6.07) is -0.0291. The molecular weight excluding hydrogens is 244 g/mol. The Balaban J connectivity index is 2.37. The summed E-state index contributed by atoms with van der Waals surface area (Å²) in [6.07, 6.45) is 4.59. The zero-order chi connectivity index (χ0) is 14.5. The van der Waals surface area contributed by atoms with Crippen molar-refractivity contribution < 1.29 is 14.7 Å². The van der Waals surface area contributed by atoms with Gasteiger partial charge in [0.05, 0.1) is 5.92 Å². The summed E-state index contributed by atoms with van der Waals surface area (Å²) in [5.41, 5.74) is -0.164. The van der Waals surface area contributed by atoms with Crippen LogP contribution in [-0.2, 0) is 4.79 Å². The quantitative estimate of drug-likeness (QED) is 0.718. The van der Waals surface area contributed by atoms with Crippen LogP contribution in [0.2, 0.25) is 0 Å². The molecule has 0 unspecified atom stereocenters. The minimum Gasteiger partial charge on any atom is -0.481 e. The maximum absolute atomic E-state index is 11.9. The minimum atomic E-state index is -0.715. The molecule has 1 aliphatic rings. The number of urea groups is 1. The summed E-state index contributed by atoms with van der Waals surface area (Å²) in [5.74, 6) is -0.954. The third-order valence-electron chi connectivity index (χ3n) is 4.39. The summed E-state index contributed by atoms with van der Waals surface area (Å²) in [7, 11) is 0. The Bertz CT molecular complexity index is 319. The number of hydrogen-bond donors (Lipinski definition) is 3. The molecule has 110 valence electrons. The van der Waals surface area contributed by atoms with Crippen LogP contribution in [0.5, 0.6) is 0 Å². The lowest BCUT2D eigenvalue weighted by molar-refractivity contribution is -0.142. The van der Waals surface area contributed by atoms with Crippen molar-refractivity contribution in [2.24, 2.45) is 5.92 Å². The van der Waals surface area contributed by atoms with Gasteiger partial charge in [-0.2, -0.15) is 0 Å². The van der Waals surface area contributed by atoms with Crippen molar-refractivity contribution in [1.82, 2.24) is 10.6 Å². The topological polar surface area (TPSA) is 78.4 Å². The first-order valence-corrected chi connectivity index (χ1v) is 7.21. The van der Waals surface area contributed by atoms with E-state index >= 15 is 0 Å². The van der Waals surface area contributed by atoms with Gasteiger partial charge in [0, 0.05) is 11.6 Å². The molecule has 19 heavy (non-hydrogen) atoms. The normalized spacial score (nSPS) is 23.7. The van der Waals surface area contributed by atoms with Crippen molar-refractivity contribution in [1.29, 1.82) is 0 Å². The van der Waals surface area contributed by atoms with Gasteiger partial charge in [-0.25, -0.2) is 4.79 Å². The molecule has 0 aromatic heterocycles. The van der Waals surface area contributed by atoms with Gasteiger partial charge in [-0.05, 0) is 45.4 Å². The van der Waals surface area contributed by atoms with Crippen molar-refractivity contribution in [2.75, 3.05) is 0 Å². The van der Waals surface area contributed by atoms with Crippen LogP contribution in [0.3, 0.4) is 0 Å². The fraction of sp³-hybridized carbons (Fsp3) is 0.857. The van der Waals surface area contributed by atoms with Gasteiger partial charge in [0.25, 0.3) is 0 Å². The molecule has 0 aromatic rings. The predicted molar refractivity (Wildman–Crippen MR) is 74.0 cm³/mol. The molecule has 3 N–H and O–H groups in total. The largest absolute Gasteiger partial charge is 0.481 e. The van der Waals surface area contributed by atoms with E-state index in [0.717, 1.165) is 25.7 Å². The summed E-state index contributed by atoms with van der Waals surface area (Å²) >= 11 is 0. The molecule has 5 heteroatoms. The molecule has 0 aliphatic heterocycles. The van der Waals surface area contributed by atoms with Crippen molar-refractivity contribution in [3.05, 3.63) is 0 Å². The van der Waals surface area contributed by atoms with Crippen LogP contribution in [0.15, 0.2) is 0 Å². The molecule has 1 rings (SSSR count). The monoisotopic (exact) mass is 270 g/mol. The minimum absolute atomic E-state index is 0.105. The fourth-order valence-electron chi connectivity index (χ4n) is 2.41. The van der Waals surface area contributed by atoms with Crippen LogP contribution < -0.4 is 10.6 Å². The molecule has 0 bridgehead atoms. The highest BCUT2D eigenvalue weighted by Gasteiger charge is 2.28. The second-order valence-corrected chi connectivity index (χ2v) is 5.75. The van der Waals surface area contributed by atoms with E-state index in [0.29, 0.717) is 12.8 Å². The van der Waals surface area contributed by atoms with Crippen molar-refractivity contribution in [3.8, 4) is 0 Å². The van der Waals surface area contributed by atoms with Crippen molar-refractivity contribution >= 4 is 12.0 Å². The second kappa shape index (κ2) is 6.78.